The van der Waals surface area contributed by atoms with E-state index in [0.29, 0.717) is 12.2 Å². The molecule has 1 aromatic rings. The van der Waals surface area contributed by atoms with E-state index in [0.717, 1.165) is 25.0 Å². The fourth-order valence-corrected chi connectivity index (χ4v) is 1.80. The lowest BCUT2D eigenvalue weighted by molar-refractivity contribution is 0.0161. The van der Waals surface area contributed by atoms with Crippen molar-refractivity contribution in [3.05, 3.63) is 35.4 Å². The number of carbonyl (C=O) groups excluding carboxylic acids is 1. The van der Waals surface area contributed by atoms with Crippen LogP contribution in [0.2, 0.25) is 0 Å². The highest BCUT2D eigenvalue weighted by Gasteiger charge is 2.17. The van der Waals surface area contributed by atoms with Crippen LogP contribution in [0.25, 0.3) is 0 Å². The summed E-state index contributed by atoms with van der Waals surface area (Å²) in [5.74, 6) is -0.265. The number of hydrogen-bond acceptors (Lipinski definition) is 3. The predicted molar refractivity (Wildman–Crippen MR) is 60.4 cm³/mol. The first-order valence-corrected chi connectivity index (χ1v) is 5.61. The van der Waals surface area contributed by atoms with Crippen molar-refractivity contribution in [3.8, 4) is 0 Å². The Bertz CT molecular complexity index is 367. The zero-order valence-electron chi connectivity index (χ0n) is 9.44. The minimum absolute atomic E-state index is 0.0914. The normalized spacial score (nSPS) is 19.7. The van der Waals surface area contributed by atoms with E-state index in [1.54, 1.807) is 6.07 Å². The minimum atomic E-state index is -0.265. The highest BCUT2D eigenvalue weighted by molar-refractivity contribution is 5.89. The molecule has 0 bridgehead atoms. The molecule has 2 rings (SSSR count). The summed E-state index contributed by atoms with van der Waals surface area (Å²) in [6.45, 7) is 3.11. The first-order chi connectivity index (χ1) is 7.75. The van der Waals surface area contributed by atoms with Gasteiger partial charge in [-0.3, -0.25) is 0 Å². The highest BCUT2D eigenvalue weighted by atomic mass is 16.6. The number of hydrogen-bond donors (Lipinski definition) is 0. The van der Waals surface area contributed by atoms with Gasteiger partial charge in [-0.1, -0.05) is 17.7 Å². The quantitative estimate of drug-likeness (QED) is 0.733. The van der Waals surface area contributed by atoms with Crippen LogP contribution in [-0.4, -0.2) is 25.3 Å². The number of rotatable bonds is 3. The smallest absolute Gasteiger partial charge is 0.338 e. The average Bonchev–Trinajstić information content (AvgIpc) is 2.78. The Morgan fingerprint density at radius 3 is 3.12 bits per heavy atom. The van der Waals surface area contributed by atoms with E-state index >= 15 is 0 Å². The van der Waals surface area contributed by atoms with Gasteiger partial charge in [0.25, 0.3) is 0 Å². The number of esters is 1. The Kier molecular flexibility index (Phi) is 3.57. The molecule has 0 aromatic heterocycles. The van der Waals surface area contributed by atoms with E-state index in [1.807, 2.05) is 25.1 Å². The lowest BCUT2D eigenvalue weighted by Crippen LogP contribution is -2.17. The molecular formula is C13H16O3. The first kappa shape index (κ1) is 11.1. The Hall–Kier alpha value is -1.35. The van der Waals surface area contributed by atoms with Crippen molar-refractivity contribution in [3.63, 3.8) is 0 Å². The third-order valence-electron chi connectivity index (χ3n) is 2.68. The van der Waals surface area contributed by atoms with Crippen molar-refractivity contribution in [1.29, 1.82) is 0 Å². The Labute approximate surface area is 95.4 Å². The largest absolute Gasteiger partial charge is 0.459 e. The number of benzene rings is 1. The Morgan fingerprint density at radius 1 is 1.56 bits per heavy atom. The molecule has 0 unspecified atom stereocenters. The van der Waals surface area contributed by atoms with Gasteiger partial charge in [-0.25, -0.2) is 4.79 Å². The number of aryl methyl sites for hydroxylation is 1. The Balaban J connectivity index is 1.87. The van der Waals surface area contributed by atoms with Crippen LogP contribution in [0.1, 0.15) is 28.8 Å². The van der Waals surface area contributed by atoms with Crippen molar-refractivity contribution >= 4 is 5.97 Å². The van der Waals surface area contributed by atoms with Crippen LogP contribution in [0.5, 0.6) is 0 Å². The first-order valence-electron chi connectivity index (χ1n) is 5.61. The van der Waals surface area contributed by atoms with Crippen LogP contribution in [0, 0.1) is 6.92 Å². The molecule has 1 aromatic carbocycles. The average molecular weight is 220 g/mol. The fraction of sp³-hybridized carbons (Fsp3) is 0.462. The maximum absolute atomic E-state index is 11.7. The van der Waals surface area contributed by atoms with E-state index < -0.39 is 0 Å². The van der Waals surface area contributed by atoms with Gasteiger partial charge in [0.2, 0.25) is 0 Å². The monoisotopic (exact) mass is 220 g/mol. The van der Waals surface area contributed by atoms with Gasteiger partial charge in [0.1, 0.15) is 6.61 Å². The van der Waals surface area contributed by atoms with Crippen LogP contribution in [-0.2, 0) is 9.47 Å². The standard InChI is InChI=1S/C13H16O3/c1-10-4-2-5-11(8-10)13(14)16-9-12-6-3-7-15-12/h2,4-5,8,12H,3,6-7,9H2,1H3/t12-/m1/s1. The Morgan fingerprint density at radius 2 is 2.44 bits per heavy atom. The SMILES string of the molecule is Cc1cccc(C(=O)OC[C@H]2CCCO2)c1. The van der Waals surface area contributed by atoms with E-state index in [1.165, 1.54) is 0 Å². The molecule has 3 nitrogen and oxygen atoms in total. The second-order valence-electron chi connectivity index (χ2n) is 4.10. The molecule has 1 heterocycles. The van der Waals surface area contributed by atoms with Crippen molar-refractivity contribution in [1.82, 2.24) is 0 Å². The van der Waals surface area contributed by atoms with Gasteiger partial charge < -0.3 is 9.47 Å². The zero-order chi connectivity index (χ0) is 11.4. The summed E-state index contributed by atoms with van der Waals surface area (Å²) >= 11 is 0. The van der Waals surface area contributed by atoms with Gasteiger partial charge in [-0.05, 0) is 31.9 Å². The molecule has 3 heteroatoms. The van der Waals surface area contributed by atoms with Gasteiger partial charge >= 0.3 is 5.97 Å². The molecule has 0 radical (unpaired) electrons. The number of carbonyl (C=O) groups is 1. The molecule has 0 saturated carbocycles. The fourth-order valence-electron chi connectivity index (χ4n) is 1.80. The van der Waals surface area contributed by atoms with Crippen LogP contribution in [0.15, 0.2) is 24.3 Å². The van der Waals surface area contributed by atoms with Gasteiger partial charge in [0.05, 0.1) is 11.7 Å². The maximum atomic E-state index is 11.7. The molecule has 86 valence electrons. The van der Waals surface area contributed by atoms with Crippen LogP contribution >= 0.6 is 0 Å². The summed E-state index contributed by atoms with van der Waals surface area (Å²) in [6, 6.07) is 7.41. The molecular weight excluding hydrogens is 204 g/mol. The lowest BCUT2D eigenvalue weighted by atomic mass is 10.1. The van der Waals surface area contributed by atoms with Crippen LogP contribution in [0.3, 0.4) is 0 Å². The van der Waals surface area contributed by atoms with Crippen molar-refractivity contribution in [2.75, 3.05) is 13.2 Å². The van der Waals surface area contributed by atoms with Crippen molar-refractivity contribution < 1.29 is 14.3 Å². The molecule has 0 N–H and O–H groups in total. The molecule has 16 heavy (non-hydrogen) atoms. The third kappa shape index (κ3) is 2.83. The van der Waals surface area contributed by atoms with Crippen molar-refractivity contribution in [2.24, 2.45) is 0 Å². The summed E-state index contributed by atoms with van der Waals surface area (Å²) in [7, 11) is 0. The lowest BCUT2D eigenvalue weighted by Gasteiger charge is -2.10. The minimum Gasteiger partial charge on any atom is -0.459 e. The molecule has 0 amide bonds. The summed E-state index contributed by atoms with van der Waals surface area (Å²) in [6.07, 6.45) is 2.14. The summed E-state index contributed by atoms with van der Waals surface area (Å²) in [4.78, 5) is 11.7. The molecule has 0 spiro atoms. The maximum Gasteiger partial charge on any atom is 0.338 e. The summed E-state index contributed by atoms with van der Waals surface area (Å²) in [5.41, 5.74) is 1.67. The second-order valence-corrected chi connectivity index (χ2v) is 4.10. The van der Waals surface area contributed by atoms with Gasteiger partial charge in [-0.2, -0.15) is 0 Å². The van der Waals surface area contributed by atoms with Crippen molar-refractivity contribution in [2.45, 2.75) is 25.9 Å². The van der Waals surface area contributed by atoms with Gasteiger partial charge in [0.15, 0.2) is 0 Å². The summed E-state index contributed by atoms with van der Waals surface area (Å²) < 4.78 is 10.6. The number of ether oxygens (including phenoxy) is 2. The summed E-state index contributed by atoms with van der Waals surface area (Å²) in [5, 5.41) is 0. The third-order valence-corrected chi connectivity index (χ3v) is 2.68. The molecule has 1 fully saturated rings. The highest BCUT2D eigenvalue weighted by Crippen LogP contribution is 2.13. The molecule has 1 saturated heterocycles. The van der Waals surface area contributed by atoms with Gasteiger partial charge in [-0.15, -0.1) is 0 Å². The van der Waals surface area contributed by atoms with Crippen LogP contribution < -0.4 is 0 Å². The molecule has 1 atom stereocenters. The van der Waals surface area contributed by atoms with E-state index in [-0.39, 0.29) is 12.1 Å². The van der Waals surface area contributed by atoms with E-state index in [2.05, 4.69) is 0 Å². The predicted octanol–water partition coefficient (Wildman–Crippen LogP) is 2.33. The topological polar surface area (TPSA) is 35.5 Å². The second kappa shape index (κ2) is 5.12. The molecule has 0 aliphatic carbocycles. The molecule has 1 aliphatic rings. The van der Waals surface area contributed by atoms with Crippen LogP contribution in [0.4, 0.5) is 0 Å². The van der Waals surface area contributed by atoms with E-state index in [9.17, 15) is 4.79 Å². The molecule has 1 aliphatic heterocycles. The van der Waals surface area contributed by atoms with E-state index in [4.69, 9.17) is 9.47 Å². The van der Waals surface area contributed by atoms with Gasteiger partial charge in [0, 0.05) is 6.61 Å². The zero-order valence-corrected chi connectivity index (χ0v) is 9.44.